The molecule has 0 heterocycles. The molecule has 0 spiro atoms. The summed E-state index contributed by atoms with van der Waals surface area (Å²) >= 11 is 0. The van der Waals surface area contributed by atoms with Crippen molar-refractivity contribution in [3.63, 3.8) is 0 Å². The van der Waals surface area contributed by atoms with E-state index >= 15 is 0 Å². The second-order valence-corrected chi connectivity index (χ2v) is 8.20. The molecule has 124 valence electrons. The van der Waals surface area contributed by atoms with Crippen LogP contribution >= 0.6 is 0 Å². The molecule has 0 aromatic rings. The van der Waals surface area contributed by atoms with Gasteiger partial charge in [-0.25, -0.2) is 0 Å². The van der Waals surface area contributed by atoms with E-state index < -0.39 is 0 Å². The smallest absolute Gasteiger partial charge is 0.0574 e. The SMILES string of the molecule is COC1CCC2C(C)=C(C3CCC=C(C)CC3C)CCC2C1. The average Bonchev–Trinajstić information content (AvgIpc) is 2.68. The molecule has 0 aliphatic heterocycles. The van der Waals surface area contributed by atoms with Gasteiger partial charge >= 0.3 is 0 Å². The fourth-order valence-electron chi connectivity index (χ4n) is 5.62. The molecule has 3 aliphatic rings. The van der Waals surface area contributed by atoms with Crippen LogP contribution in [-0.2, 0) is 4.74 Å². The molecule has 0 saturated heterocycles. The van der Waals surface area contributed by atoms with E-state index in [4.69, 9.17) is 4.74 Å². The summed E-state index contributed by atoms with van der Waals surface area (Å²) in [6.45, 7) is 7.28. The Morgan fingerprint density at radius 3 is 2.64 bits per heavy atom. The molecule has 5 unspecified atom stereocenters. The van der Waals surface area contributed by atoms with Crippen molar-refractivity contribution in [1.82, 2.24) is 0 Å². The van der Waals surface area contributed by atoms with Crippen LogP contribution in [0.25, 0.3) is 0 Å². The first kappa shape index (κ1) is 16.3. The monoisotopic (exact) mass is 302 g/mol. The fourth-order valence-corrected chi connectivity index (χ4v) is 5.62. The molecule has 1 nitrogen and oxygen atoms in total. The molecule has 0 radical (unpaired) electrons. The van der Waals surface area contributed by atoms with Gasteiger partial charge in [0, 0.05) is 7.11 Å². The Kier molecular flexibility index (Phi) is 5.12. The van der Waals surface area contributed by atoms with Gasteiger partial charge in [-0.3, -0.25) is 0 Å². The molecule has 0 bridgehead atoms. The van der Waals surface area contributed by atoms with Gasteiger partial charge in [-0.1, -0.05) is 29.7 Å². The standard InChI is InChI=1S/C21H34O/c1-14-6-5-7-19(15(2)12-14)21-10-8-17-13-18(22-4)9-11-20(17)16(21)3/h6,15,17-20H,5,7-13H2,1-4H3. The van der Waals surface area contributed by atoms with Gasteiger partial charge < -0.3 is 4.74 Å². The summed E-state index contributed by atoms with van der Waals surface area (Å²) in [5.74, 6) is 3.42. The summed E-state index contributed by atoms with van der Waals surface area (Å²) < 4.78 is 5.64. The van der Waals surface area contributed by atoms with Crippen LogP contribution in [0.5, 0.6) is 0 Å². The van der Waals surface area contributed by atoms with Crippen LogP contribution in [0.2, 0.25) is 0 Å². The number of methoxy groups -OCH3 is 1. The number of rotatable bonds is 2. The lowest BCUT2D eigenvalue weighted by Gasteiger charge is -2.43. The molecular weight excluding hydrogens is 268 g/mol. The average molecular weight is 303 g/mol. The highest BCUT2D eigenvalue weighted by Crippen LogP contribution is 2.48. The van der Waals surface area contributed by atoms with Crippen molar-refractivity contribution in [3.05, 3.63) is 22.8 Å². The van der Waals surface area contributed by atoms with Crippen molar-refractivity contribution in [1.29, 1.82) is 0 Å². The minimum Gasteiger partial charge on any atom is -0.381 e. The first-order chi connectivity index (χ1) is 10.6. The van der Waals surface area contributed by atoms with Gasteiger partial charge in [0.15, 0.2) is 0 Å². The van der Waals surface area contributed by atoms with Gasteiger partial charge in [0.1, 0.15) is 0 Å². The minimum absolute atomic E-state index is 0.527. The molecule has 3 rings (SSSR count). The van der Waals surface area contributed by atoms with E-state index in [2.05, 4.69) is 26.8 Å². The van der Waals surface area contributed by atoms with Gasteiger partial charge in [-0.05, 0) is 88.9 Å². The summed E-state index contributed by atoms with van der Waals surface area (Å²) in [5, 5.41) is 0. The van der Waals surface area contributed by atoms with Gasteiger partial charge in [0.05, 0.1) is 6.10 Å². The normalized spacial score (nSPS) is 40.0. The third kappa shape index (κ3) is 3.20. The van der Waals surface area contributed by atoms with E-state index in [-0.39, 0.29) is 0 Å². The quantitative estimate of drug-likeness (QED) is 0.576. The molecule has 1 fully saturated rings. The Hall–Kier alpha value is -0.560. The van der Waals surface area contributed by atoms with Crippen molar-refractivity contribution in [3.8, 4) is 0 Å². The van der Waals surface area contributed by atoms with Gasteiger partial charge in [0.2, 0.25) is 0 Å². The molecule has 22 heavy (non-hydrogen) atoms. The highest BCUT2D eigenvalue weighted by molar-refractivity contribution is 5.24. The van der Waals surface area contributed by atoms with Crippen molar-refractivity contribution in [2.75, 3.05) is 7.11 Å². The number of hydrogen-bond acceptors (Lipinski definition) is 1. The second kappa shape index (κ2) is 6.91. The Labute approximate surface area is 137 Å². The summed E-state index contributed by atoms with van der Waals surface area (Å²) in [5.41, 5.74) is 5.25. The van der Waals surface area contributed by atoms with E-state index in [1.807, 2.05) is 12.7 Å². The van der Waals surface area contributed by atoms with Crippen molar-refractivity contribution >= 4 is 0 Å². The zero-order valence-electron chi connectivity index (χ0n) is 15.0. The van der Waals surface area contributed by atoms with Crippen LogP contribution in [0, 0.1) is 23.7 Å². The lowest BCUT2D eigenvalue weighted by atomic mass is 9.64. The molecule has 1 saturated carbocycles. The van der Waals surface area contributed by atoms with Gasteiger partial charge in [0.25, 0.3) is 0 Å². The highest BCUT2D eigenvalue weighted by atomic mass is 16.5. The van der Waals surface area contributed by atoms with Crippen LogP contribution in [0.15, 0.2) is 22.8 Å². The molecule has 0 aromatic heterocycles. The van der Waals surface area contributed by atoms with Crippen LogP contribution in [-0.4, -0.2) is 13.2 Å². The van der Waals surface area contributed by atoms with Crippen molar-refractivity contribution in [2.24, 2.45) is 23.7 Å². The zero-order chi connectivity index (χ0) is 15.7. The van der Waals surface area contributed by atoms with Crippen LogP contribution < -0.4 is 0 Å². The third-order valence-electron chi connectivity index (χ3n) is 6.86. The largest absolute Gasteiger partial charge is 0.381 e. The van der Waals surface area contributed by atoms with Crippen LogP contribution in [0.1, 0.15) is 72.1 Å². The maximum Gasteiger partial charge on any atom is 0.0574 e. The van der Waals surface area contributed by atoms with Crippen molar-refractivity contribution in [2.45, 2.75) is 78.2 Å². The molecule has 0 amide bonds. The molecule has 0 N–H and O–H groups in total. The van der Waals surface area contributed by atoms with E-state index in [1.54, 1.807) is 11.1 Å². The zero-order valence-corrected chi connectivity index (χ0v) is 15.0. The lowest BCUT2D eigenvalue weighted by molar-refractivity contribution is 0.0301. The van der Waals surface area contributed by atoms with E-state index in [1.165, 1.54) is 51.4 Å². The Morgan fingerprint density at radius 2 is 1.86 bits per heavy atom. The van der Waals surface area contributed by atoms with Crippen LogP contribution in [0.4, 0.5) is 0 Å². The Balaban J connectivity index is 1.77. The second-order valence-electron chi connectivity index (χ2n) is 8.20. The Morgan fingerprint density at radius 1 is 1.05 bits per heavy atom. The maximum absolute atomic E-state index is 5.64. The van der Waals surface area contributed by atoms with Crippen molar-refractivity contribution < 1.29 is 4.74 Å². The van der Waals surface area contributed by atoms with Gasteiger partial charge in [-0.15, -0.1) is 0 Å². The summed E-state index contributed by atoms with van der Waals surface area (Å²) in [6, 6.07) is 0. The first-order valence-electron chi connectivity index (χ1n) is 9.48. The topological polar surface area (TPSA) is 9.23 Å². The number of hydrogen-bond donors (Lipinski definition) is 0. The molecule has 0 aromatic carbocycles. The Bertz CT molecular complexity index is 459. The third-order valence-corrected chi connectivity index (χ3v) is 6.86. The summed E-state index contributed by atoms with van der Waals surface area (Å²) in [4.78, 5) is 0. The predicted molar refractivity (Wildman–Crippen MR) is 93.8 cm³/mol. The molecule has 5 atom stereocenters. The number of allylic oxidation sites excluding steroid dienone is 4. The summed E-state index contributed by atoms with van der Waals surface area (Å²) in [6.07, 6.45) is 13.7. The molecular formula is C21H34O. The fraction of sp³-hybridized carbons (Fsp3) is 0.810. The highest BCUT2D eigenvalue weighted by Gasteiger charge is 2.37. The van der Waals surface area contributed by atoms with E-state index in [0.717, 1.165) is 23.7 Å². The molecule has 1 heteroatoms. The van der Waals surface area contributed by atoms with Gasteiger partial charge in [-0.2, -0.15) is 0 Å². The molecule has 3 aliphatic carbocycles. The number of ether oxygens (including phenoxy) is 1. The first-order valence-corrected chi connectivity index (χ1v) is 9.48. The predicted octanol–water partition coefficient (Wildman–Crippen LogP) is 5.91. The van der Waals surface area contributed by atoms with E-state index in [0.29, 0.717) is 6.10 Å². The van der Waals surface area contributed by atoms with Crippen LogP contribution in [0.3, 0.4) is 0 Å². The van der Waals surface area contributed by atoms with E-state index in [9.17, 15) is 0 Å². The lowest BCUT2D eigenvalue weighted by Crippen LogP contribution is -2.34. The summed E-state index contributed by atoms with van der Waals surface area (Å²) in [7, 11) is 1.89. The number of fused-ring (bicyclic) bond motifs is 1. The minimum atomic E-state index is 0.527. The maximum atomic E-state index is 5.64.